The molecule has 0 aromatic carbocycles. The summed E-state index contributed by atoms with van der Waals surface area (Å²) >= 11 is 0. The molecule has 88 valence electrons. The van der Waals surface area contributed by atoms with Crippen LogP contribution in [0.15, 0.2) is 0 Å². The Morgan fingerprint density at radius 1 is 1.47 bits per heavy atom. The van der Waals surface area contributed by atoms with E-state index in [4.69, 9.17) is 4.74 Å². The zero-order chi connectivity index (χ0) is 11.3. The Morgan fingerprint density at radius 3 is 2.53 bits per heavy atom. The molecule has 1 rings (SSSR count). The third-order valence-corrected chi connectivity index (χ3v) is 3.36. The maximum absolute atomic E-state index is 11.3. The van der Waals surface area contributed by atoms with Crippen molar-refractivity contribution >= 4 is 5.97 Å². The molecule has 0 N–H and O–H groups in total. The van der Waals surface area contributed by atoms with Gasteiger partial charge in [0.1, 0.15) is 0 Å². The lowest BCUT2D eigenvalue weighted by Gasteiger charge is -2.29. The largest absolute Gasteiger partial charge is 0.469 e. The summed E-state index contributed by atoms with van der Waals surface area (Å²) in [6.07, 6.45) is 5.27. The second-order valence-electron chi connectivity index (χ2n) is 4.45. The summed E-state index contributed by atoms with van der Waals surface area (Å²) in [5, 5.41) is 0. The van der Waals surface area contributed by atoms with Crippen molar-refractivity contribution < 1.29 is 9.53 Å². The summed E-state index contributed by atoms with van der Waals surface area (Å²) in [7, 11) is 1.46. The number of carbonyl (C=O) groups excluding carboxylic acids is 1. The van der Waals surface area contributed by atoms with Crippen LogP contribution in [0.1, 0.15) is 39.5 Å². The predicted octanol–water partition coefficient (Wildman–Crippen LogP) is 2.06. The van der Waals surface area contributed by atoms with Crippen molar-refractivity contribution in [2.75, 3.05) is 20.2 Å². The summed E-state index contributed by atoms with van der Waals surface area (Å²) in [5.41, 5.74) is 0. The van der Waals surface area contributed by atoms with E-state index < -0.39 is 0 Å². The minimum absolute atomic E-state index is 0.00412. The molecule has 3 heteroatoms. The second-order valence-corrected chi connectivity index (χ2v) is 4.45. The molecule has 1 saturated carbocycles. The Bertz CT molecular complexity index is 200. The minimum Gasteiger partial charge on any atom is -0.469 e. The van der Waals surface area contributed by atoms with E-state index in [-0.39, 0.29) is 11.9 Å². The molecule has 1 aliphatic carbocycles. The molecule has 0 radical (unpaired) electrons. The number of carbonyl (C=O) groups is 1. The number of nitrogens with zero attached hydrogens (tertiary/aromatic N) is 1. The van der Waals surface area contributed by atoms with E-state index in [9.17, 15) is 4.79 Å². The number of hydrogen-bond acceptors (Lipinski definition) is 3. The summed E-state index contributed by atoms with van der Waals surface area (Å²) in [5.74, 6) is -0.0954. The first-order chi connectivity index (χ1) is 7.19. The van der Waals surface area contributed by atoms with E-state index in [1.807, 2.05) is 6.92 Å². The molecule has 0 bridgehead atoms. The molecule has 1 fully saturated rings. The van der Waals surface area contributed by atoms with Crippen LogP contribution >= 0.6 is 0 Å². The summed E-state index contributed by atoms with van der Waals surface area (Å²) in [4.78, 5) is 13.8. The molecular weight excluding hydrogens is 190 g/mol. The number of rotatable bonds is 5. The predicted molar refractivity (Wildman–Crippen MR) is 60.7 cm³/mol. The SMILES string of the molecule is CCN(CC(C)C(=O)OC)C1CCCC1. The van der Waals surface area contributed by atoms with Crippen LogP contribution in [0, 0.1) is 5.92 Å². The molecule has 0 spiro atoms. The van der Waals surface area contributed by atoms with Crippen molar-refractivity contribution in [3.8, 4) is 0 Å². The van der Waals surface area contributed by atoms with Crippen molar-refractivity contribution in [2.24, 2.45) is 5.92 Å². The summed E-state index contributed by atoms with van der Waals surface area (Å²) < 4.78 is 4.75. The molecule has 0 aliphatic heterocycles. The molecule has 3 nitrogen and oxygen atoms in total. The Labute approximate surface area is 92.8 Å². The van der Waals surface area contributed by atoms with Crippen LogP contribution in [-0.2, 0) is 9.53 Å². The van der Waals surface area contributed by atoms with Gasteiger partial charge < -0.3 is 4.74 Å². The van der Waals surface area contributed by atoms with Crippen LogP contribution in [0.3, 0.4) is 0 Å². The molecular formula is C12H23NO2. The van der Waals surface area contributed by atoms with Crippen molar-refractivity contribution in [1.82, 2.24) is 4.90 Å². The third-order valence-electron chi connectivity index (χ3n) is 3.36. The first kappa shape index (κ1) is 12.5. The molecule has 0 heterocycles. The van der Waals surface area contributed by atoms with Gasteiger partial charge in [0.25, 0.3) is 0 Å². The summed E-state index contributed by atoms with van der Waals surface area (Å²) in [6, 6.07) is 0.696. The molecule has 0 saturated heterocycles. The molecule has 1 atom stereocenters. The quantitative estimate of drug-likeness (QED) is 0.655. The number of ether oxygens (including phenoxy) is 1. The summed E-state index contributed by atoms with van der Waals surface area (Å²) in [6.45, 7) is 5.99. The van der Waals surface area contributed by atoms with Crippen LogP contribution in [0.25, 0.3) is 0 Å². The van der Waals surface area contributed by atoms with Crippen molar-refractivity contribution in [3.63, 3.8) is 0 Å². The van der Waals surface area contributed by atoms with Crippen LogP contribution in [0.2, 0.25) is 0 Å². The van der Waals surface area contributed by atoms with E-state index in [1.54, 1.807) is 0 Å². The number of esters is 1. The van der Waals surface area contributed by atoms with Crippen LogP contribution < -0.4 is 0 Å². The van der Waals surface area contributed by atoms with Gasteiger partial charge in [0, 0.05) is 12.6 Å². The van der Waals surface area contributed by atoms with E-state index in [0.717, 1.165) is 13.1 Å². The molecule has 0 amide bonds. The molecule has 0 aromatic rings. The highest BCUT2D eigenvalue weighted by Gasteiger charge is 2.24. The normalized spacial score (nSPS) is 19.5. The lowest BCUT2D eigenvalue weighted by atomic mass is 10.1. The smallest absolute Gasteiger partial charge is 0.309 e. The maximum Gasteiger partial charge on any atom is 0.309 e. The van der Waals surface area contributed by atoms with Crippen LogP contribution in [0.5, 0.6) is 0 Å². The fourth-order valence-corrected chi connectivity index (χ4v) is 2.43. The number of hydrogen-bond donors (Lipinski definition) is 0. The van der Waals surface area contributed by atoms with E-state index in [1.165, 1.54) is 32.8 Å². The van der Waals surface area contributed by atoms with E-state index in [0.29, 0.717) is 6.04 Å². The zero-order valence-corrected chi connectivity index (χ0v) is 10.2. The van der Waals surface area contributed by atoms with Crippen LogP contribution in [0.4, 0.5) is 0 Å². The minimum atomic E-state index is -0.0913. The third kappa shape index (κ3) is 3.49. The van der Waals surface area contributed by atoms with Gasteiger partial charge in [0.15, 0.2) is 0 Å². The average Bonchev–Trinajstić information content (AvgIpc) is 2.77. The van der Waals surface area contributed by atoms with Gasteiger partial charge in [-0.1, -0.05) is 26.7 Å². The van der Waals surface area contributed by atoms with Gasteiger partial charge in [0.2, 0.25) is 0 Å². The van der Waals surface area contributed by atoms with E-state index in [2.05, 4.69) is 11.8 Å². The highest BCUT2D eigenvalue weighted by atomic mass is 16.5. The van der Waals surface area contributed by atoms with Gasteiger partial charge >= 0.3 is 5.97 Å². The molecule has 0 aromatic heterocycles. The molecule has 1 unspecified atom stereocenters. The second kappa shape index (κ2) is 6.11. The Balaban J connectivity index is 2.41. The Morgan fingerprint density at radius 2 is 2.07 bits per heavy atom. The van der Waals surface area contributed by atoms with Crippen molar-refractivity contribution in [3.05, 3.63) is 0 Å². The first-order valence-corrected chi connectivity index (χ1v) is 6.01. The number of methoxy groups -OCH3 is 1. The first-order valence-electron chi connectivity index (χ1n) is 6.01. The van der Waals surface area contributed by atoms with Gasteiger partial charge in [-0.2, -0.15) is 0 Å². The van der Waals surface area contributed by atoms with Gasteiger partial charge in [-0.15, -0.1) is 0 Å². The molecule has 15 heavy (non-hydrogen) atoms. The Hall–Kier alpha value is -0.570. The Kier molecular flexibility index (Phi) is 5.09. The van der Waals surface area contributed by atoms with Crippen molar-refractivity contribution in [2.45, 2.75) is 45.6 Å². The highest BCUT2D eigenvalue weighted by molar-refractivity contribution is 5.72. The lowest BCUT2D eigenvalue weighted by molar-refractivity contribution is -0.145. The monoisotopic (exact) mass is 213 g/mol. The fourth-order valence-electron chi connectivity index (χ4n) is 2.43. The standard InChI is InChI=1S/C12H23NO2/c1-4-13(11-7-5-6-8-11)9-10(2)12(14)15-3/h10-11H,4-9H2,1-3H3. The van der Waals surface area contributed by atoms with Crippen molar-refractivity contribution in [1.29, 1.82) is 0 Å². The zero-order valence-electron chi connectivity index (χ0n) is 10.2. The van der Waals surface area contributed by atoms with Gasteiger partial charge in [-0.05, 0) is 19.4 Å². The van der Waals surface area contributed by atoms with Gasteiger partial charge in [0.05, 0.1) is 13.0 Å². The maximum atomic E-state index is 11.3. The van der Waals surface area contributed by atoms with E-state index >= 15 is 0 Å². The topological polar surface area (TPSA) is 29.5 Å². The highest BCUT2D eigenvalue weighted by Crippen LogP contribution is 2.24. The van der Waals surface area contributed by atoms with Gasteiger partial charge in [-0.3, -0.25) is 9.69 Å². The molecule has 1 aliphatic rings. The van der Waals surface area contributed by atoms with Crippen LogP contribution in [-0.4, -0.2) is 37.1 Å². The lowest BCUT2D eigenvalue weighted by Crippen LogP contribution is -2.38. The average molecular weight is 213 g/mol. The van der Waals surface area contributed by atoms with Gasteiger partial charge in [-0.25, -0.2) is 0 Å². The fraction of sp³-hybridized carbons (Fsp3) is 0.917.